The maximum atomic E-state index is 15.5. The van der Waals surface area contributed by atoms with Crippen LogP contribution in [-0.2, 0) is 18.8 Å². The molecule has 11 nitrogen and oxygen atoms in total. The summed E-state index contributed by atoms with van der Waals surface area (Å²) in [6.07, 6.45) is 5.90. The lowest BCUT2D eigenvalue weighted by molar-refractivity contribution is 0.0547. The molecular formula is C26H27FN8O3. The summed E-state index contributed by atoms with van der Waals surface area (Å²) >= 11 is 0. The number of hydrogen-bond acceptors (Lipinski definition) is 7. The summed E-state index contributed by atoms with van der Waals surface area (Å²) in [7, 11) is 3.52. The number of pyridine rings is 2. The molecule has 0 aliphatic carbocycles. The molecule has 12 heteroatoms. The van der Waals surface area contributed by atoms with Crippen LogP contribution in [0, 0.1) is 25.6 Å². The molecule has 0 saturated carbocycles. The number of aryl methyl sites for hydroxylation is 4. The smallest absolute Gasteiger partial charge is 0.358 e. The van der Waals surface area contributed by atoms with E-state index >= 15 is 4.39 Å². The molecule has 6 rings (SSSR count). The third-order valence-corrected chi connectivity index (χ3v) is 7.60. The van der Waals surface area contributed by atoms with Crippen molar-refractivity contribution in [3.8, 4) is 11.3 Å². The second kappa shape index (κ2) is 8.98. The van der Waals surface area contributed by atoms with Crippen LogP contribution in [0.15, 0.2) is 24.7 Å². The molecule has 0 bridgehead atoms. The highest BCUT2D eigenvalue weighted by Crippen LogP contribution is 2.44. The van der Waals surface area contributed by atoms with Gasteiger partial charge in [-0.3, -0.25) is 14.6 Å². The van der Waals surface area contributed by atoms with E-state index in [1.807, 2.05) is 25.5 Å². The molecule has 1 unspecified atom stereocenters. The Kier molecular flexibility index (Phi) is 5.71. The Labute approximate surface area is 216 Å². The fraction of sp³-hybridized carbons (Fsp3) is 0.385. The zero-order valence-electron chi connectivity index (χ0n) is 21.5. The van der Waals surface area contributed by atoms with Crippen molar-refractivity contribution < 1.29 is 19.0 Å². The van der Waals surface area contributed by atoms with Crippen LogP contribution in [0.2, 0.25) is 0 Å². The second-order valence-electron chi connectivity index (χ2n) is 9.78. The van der Waals surface area contributed by atoms with Gasteiger partial charge in [-0.25, -0.2) is 13.9 Å². The Bertz CT molecular complexity index is 1690. The third kappa shape index (κ3) is 3.51. The number of hydrogen-bond donors (Lipinski definition) is 1. The minimum Gasteiger partial charge on any atom is -0.476 e. The topological polar surface area (TPSA) is 126 Å². The first-order chi connectivity index (χ1) is 18.3. The highest BCUT2D eigenvalue weighted by molar-refractivity contribution is 6.12. The first kappa shape index (κ1) is 24.2. The molecule has 6 heterocycles. The number of carboxylic acid groups (broad SMARTS) is 1. The van der Waals surface area contributed by atoms with Crippen molar-refractivity contribution in [3.63, 3.8) is 0 Å². The minimum absolute atomic E-state index is 0.0236. The lowest BCUT2D eigenvalue weighted by Gasteiger charge is -2.33. The van der Waals surface area contributed by atoms with Crippen LogP contribution in [0.3, 0.4) is 0 Å². The number of carboxylic acids is 1. The highest BCUT2D eigenvalue weighted by atomic mass is 19.1. The van der Waals surface area contributed by atoms with Crippen LogP contribution in [0.5, 0.6) is 0 Å². The summed E-state index contributed by atoms with van der Waals surface area (Å²) in [5, 5.41) is 22.9. The molecule has 5 aromatic rings. The number of ether oxygens (including phenoxy) is 1. The molecule has 0 radical (unpaired) electrons. The lowest BCUT2D eigenvalue weighted by Crippen LogP contribution is -2.28. The molecule has 1 aliphatic rings. The van der Waals surface area contributed by atoms with E-state index < -0.39 is 17.8 Å². The summed E-state index contributed by atoms with van der Waals surface area (Å²) in [5.41, 5.74) is 5.88. The molecule has 0 spiro atoms. The van der Waals surface area contributed by atoms with Gasteiger partial charge < -0.3 is 14.4 Å². The summed E-state index contributed by atoms with van der Waals surface area (Å²) in [5.74, 6) is -1.64. The summed E-state index contributed by atoms with van der Waals surface area (Å²) in [6.45, 7) is 4.93. The Hall–Kier alpha value is -4.19. The number of fused-ring (bicyclic) bond motifs is 3. The Morgan fingerprint density at radius 1 is 1.13 bits per heavy atom. The first-order valence-corrected chi connectivity index (χ1v) is 12.4. The fourth-order valence-electron chi connectivity index (χ4n) is 5.93. The van der Waals surface area contributed by atoms with Crippen molar-refractivity contribution in [1.29, 1.82) is 0 Å². The van der Waals surface area contributed by atoms with Crippen molar-refractivity contribution in [3.05, 3.63) is 53.0 Å². The van der Waals surface area contributed by atoms with Gasteiger partial charge in [-0.05, 0) is 44.2 Å². The molecule has 1 fully saturated rings. The van der Waals surface area contributed by atoms with Gasteiger partial charge in [0.1, 0.15) is 22.4 Å². The van der Waals surface area contributed by atoms with Gasteiger partial charge in [0.05, 0.1) is 29.1 Å². The largest absolute Gasteiger partial charge is 0.476 e. The SMILES string of the molecule is Cc1nnn(C)c1-c1cnc2c3c(c(C(=O)O)nn3C)n(C(c3ccncc3F)C3CCOCC3)c2c1C. The molecule has 0 aromatic carbocycles. The van der Waals surface area contributed by atoms with E-state index in [2.05, 4.69) is 20.4 Å². The number of halogens is 1. The molecular weight excluding hydrogens is 491 g/mol. The molecule has 196 valence electrons. The van der Waals surface area contributed by atoms with Gasteiger partial charge in [0.15, 0.2) is 5.69 Å². The predicted molar refractivity (Wildman–Crippen MR) is 136 cm³/mol. The van der Waals surface area contributed by atoms with Gasteiger partial charge >= 0.3 is 5.97 Å². The monoisotopic (exact) mass is 518 g/mol. The summed E-state index contributed by atoms with van der Waals surface area (Å²) in [6, 6.07) is 1.14. The van der Waals surface area contributed by atoms with Crippen molar-refractivity contribution in [2.45, 2.75) is 32.7 Å². The highest BCUT2D eigenvalue weighted by Gasteiger charge is 2.36. The Balaban J connectivity index is 1.78. The Morgan fingerprint density at radius 3 is 2.55 bits per heavy atom. The van der Waals surface area contributed by atoms with Crippen molar-refractivity contribution >= 4 is 28.0 Å². The van der Waals surface area contributed by atoms with Gasteiger partial charge in [0.25, 0.3) is 0 Å². The van der Waals surface area contributed by atoms with E-state index in [1.165, 1.54) is 6.20 Å². The van der Waals surface area contributed by atoms with Gasteiger partial charge in [0, 0.05) is 50.8 Å². The second-order valence-corrected chi connectivity index (χ2v) is 9.78. The van der Waals surface area contributed by atoms with E-state index in [9.17, 15) is 9.90 Å². The van der Waals surface area contributed by atoms with Crippen LogP contribution < -0.4 is 0 Å². The predicted octanol–water partition coefficient (Wildman–Crippen LogP) is 3.58. The van der Waals surface area contributed by atoms with Crippen molar-refractivity contribution in [2.75, 3.05) is 13.2 Å². The fourth-order valence-corrected chi connectivity index (χ4v) is 5.93. The molecule has 1 aliphatic heterocycles. The minimum atomic E-state index is -1.16. The summed E-state index contributed by atoms with van der Waals surface area (Å²) < 4.78 is 26.3. The van der Waals surface area contributed by atoms with Crippen LogP contribution in [0.25, 0.3) is 33.3 Å². The van der Waals surface area contributed by atoms with Crippen LogP contribution in [0.1, 0.15) is 46.2 Å². The average Bonchev–Trinajstić information content (AvgIpc) is 3.54. The zero-order chi connectivity index (χ0) is 26.7. The van der Waals surface area contributed by atoms with Gasteiger partial charge in [0.2, 0.25) is 0 Å². The molecule has 1 atom stereocenters. The van der Waals surface area contributed by atoms with Crippen molar-refractivity contribution in [2.24, 2.45) is 20.0 Å². The maximum absolute atomic E-state index is 15.5. The quantitative estimate of drug-likeness (QED) is 0.374. The van der Waals surface area contributed by atoms with Gasteiger partial charge in [-0.2, -0.15) is 5.10 Å². The molecule has 0 amide bonds. The zero-order valence-corrected chi connectivity index (χ0v) is 21.5. The first-order valence-electron chi connectivity index (χ1n) is 12.4. The van der Waals surface area contributed by atoms with Gasteiger partial charge in [-0.15, -0.1) is 5.10 Å². The van der Waals surface area contributed by atoms with E-state index in [0.29, 0.717) is 48.2 Å². The molecule has 1 saturated heterocycles. The van der Waals surface area contributed by atoms with Crippen LogP contribution in [0.4, 0.5) is 4.39 Å². The third-order valence-electron chi connectivity index (χ3n) is 7.60. The van der Waals surface area contributed by atoms with Crippen LogP contribution in [-0.4, -0.2) is 63.6 Å². The van der Waals surface area contributed by atoms with E-state index in [4.69, 9.17) is 9.72 Å². The molecule has 5 aromatic heterocycles. The standard InChI is InChI=1S/C26H27FN8O3/c1-13-17(22-14(2)30-32-34(22)4)11-29-19-21(13)35(25-20(26(36)37)31-33(3)24(19)25)23(15-6-9-38-10-7-15)16-5-8-28-12-18(16)27/h5,8,11-12,15,23H,6-7,9-10H2,1-4H3,(H,36,37). The molecule has 1 N–H and O–H groups in total. The average molecular weight is 519 g/mol. The van der Waals surface area contributed by atoms with Crippen molar-refractivity contribution in [1.82, 2.24) is 39.3 Å². The van der Waals surface area contributed by atoms with Gasteiger partial charge in [-0.1, -0.05) is 5.21 Å². The number of aromatic nitrogens is 8. The number of aromatic carboxylic acids is 1. The van der Waals surface area contributed by atoms with Crippen LogP contribution >= 0.6 is 0 Å². The Morgan fingerprint density at radius 2 is 1.89 bits per heavy atom. The van der Waals surface area contributed by atoms with E-state index in [1.54, 1.807) is 34.9 Å². The van der Waals surface area contributed by atoms with E-state index in [-0.39, 0.29) is 11.6 Å². The number of carbonyl (C=O) groups is 1. The molecule has 38 heavy (non-hydrogen) atoms. The number of nitrogens with zero attached hydrogens (tertiary/aromatic N) is 8. The maximum Gasteiger partial charge on any atom is 0.358 e. The normalized spacial score (nSPS) is 15.5. The number of rotatable bonds is 5. The van der Waals surface area contributed by atoms with E-state index in [0.717, 1.165) is 28.0 Å². The summed E-state index contributed by atoms with van der Waals surface area (Å²) in [4.78, 5) is 21.3. The lowest BCUT2D eigenvalue weighted by atomic mass is 9.86.